The van der Waals surface area contributed by atoms with Gasteiger partial charge < -0.3 is 11.1 Å². The Morgan fingerprint density at radius 1 is 1.19 bits per heavy atom. The number of rotatable bonds is 6. The molecule has 0 aliphatic carbocycles. The summed E-state index contributed by atoms with van der Waals surface area (Å²) < 4.78 is 1.10. The van der Waals surface area contributed by atoms with E-state index in [4.69, 9.17) is 5.73 Å². The molecule has 1 rings (SSSR count). The van der Waals surface area contributed by atoms with Gasteiger partial charge in [-0.3, -0.25) is 0 Å². The predicted molar refractivity (Wildman–Crippen MR) is 74.7 cm³/mol. The lowest BCUT2D eigenvalue weighted by Gasteiger charge is -2.26. The first-order valence-corrected chi connectivity index (χ1v) is 6.72. The van der Waals surface area contributed by atoms with E-state index in [-0.39, 0.29) is 0 Å². The number of halogens is 1. The van der Waals surface area contributed by atoms with Gasteiger partial charge in [0.05, 0.1) is 0 Å². The third kappa shape index (κ3) is 3.80. The van der Waals surface area contributed by atoms with Crippen LogP contribution in [0.5, 0.6) is 0 Å². The summed E-state index contributed by atoms with van der Waals surface area (Å²) in [5.74, 6) is 0.647. The lowest BCUT2D eigenvalue weighted by Crippen LogP contribution is -2.35. The van der Waals surface area contributed by atoms with Crippen molar-refractivity contribution in [1.29, 1.82) is 0 Å². The molecule has 0 fully saturated rings. The molecule has 1 aromatic rings. The minimum absolute atomic E-state index is 0.371. The number of hydrogen-bond acceptors (Lipinski definition) is 2. The topological polar surface area (TPSA) is 38.0 Å². The summed E-state index contributed by atoms with van der Waals surface area (Å²) in [7, 11) is 0. The van der Waals surface area contributed by atoms with Crippen LogP contribution in [0, 0.1) is 5.92 Å². The third-order valence-corrected chi connectivity index (χ3v) is 3.60. The van der Waals surface area contributed by atoms with Crippen LogP contribution >= 0.6 is 15.9 Å². The molecule has 16 heavy (non-hydrogen) atoms. The van der Waals surface area contributed by atoms with Crippen LogP contribution in [0.3, 0.4) is 0 Å². The van der Waals surface area contributed by atoms with Crippen molar-refractivity contribution in [3.8, 4) is 0 Å². The van der Waals surface area contributed by atoms with E-state index in [0.717, 1.165) is 10.2 Å². The van der Waals surface area contributed by atoms with Crippen molar-refractivity contribution in [2.24, 2.45) is 11.7 Å². The molecule has 0 radical (unpaired) electrons. The first-order valence-electron chi connectivity index (χ1n) is 5.93. The molecule has 3 heteroatoms. The van der Waals surface area contributed by atoms with Gasteiger partial charge >= 0.3 is 0 Å². The Kier molecular flexibility index (Phi) is 5.85. The molecule has 0 spiro atoms. The van der Waals surface area contributed by atoms with E-state index in [1.54, 1.807) is 0 Å². The highest BCUT2D eigenvalue weighted by Gasteiger charge is 2.16. The molecule has 0 aliphatic rings. The van der Waals surface area contributed by atoms with Gasteiger partial charge in [0.15, 0.2) is 0 Å². The van der Waals surface area contributed by atoms with Crippen molar-refractivity contribution in [2.45, 2.75) is 32.7 Å². The predicted octanol–water partition coefficient (Wildman–Crippen LogP) is 3.62. The number of benzene rings is 1. The highest BCUT2D eigenvalue weighted by Crippen LogP contribution is 2.19. The molecule has 0 saturated heterocycles. The average molecular weight is 285 g/mol. The van der Waals surface area contributed by atoms with Crippen LogP contribution in [0.15, 0.2) is 28.7 Å². The molecule has 0 aliphatic heterocycles. The standard InChI is InChI=1S/C13H21BrN2/c1-3-10(4-2)13(9-15)16-12-7-5-11(14)6-8-12/h5-8,10,13,16H,3-4,9,15H2,1-2H3. The summed E-state index contributed by atoms with van der Waals surface area (Å²) in [6, 6.07) is 8.62. The molecule has 1 aromatic carbocycles. The van der Waals surface area contributed by atoms with Crippen LogP contribution in [0.2, 0.25) is 0 Å². The molecule has 1 unspecified atom stereocenters. The van der Waals surface area contributed by atoms with E-state index >= 15 is 0 Å². The van der Waals surface area contributed by atoms with Crippen LogP contribution in [-0.2, 0) is 0 Å². The minimum Gasteiger partial charge on any atom is -0.381 e. The number of anilines is 1. The molecular formula is C13H21BrN2. The van der Waals surface area contributed by atoms with E-state index in [9.17, 15) is 0 Å². The van der Waals surface area contributed by atoms with Gasteiger partial charge in [0.1, 0.15) is 0 Å². The summed E-state index contributed by atoms with van der Waals surface area (Å²) in [6.07, 6.45) is 2.34. The summed E-state index contributed by atoms with van der Waals surface area (Å²) in [5.41, 5.74) is 6.97. The Hall–Kier alpha value is -0.540. The van der Waals surface area contributed by atoms with Crippen LogP contribution in [-0.4, -0.2) is 12.6 Å². The summed E-state index contributed by atoms with van der Waals surface area (Å²) >= 11 is 3.43. The van der Waals surface area contributed by atoms with Crippen LogP contribution in [0.1, 0.15) is 26.7 Å². The first kappa shape index (κ1) is 13.5. The van der Waals surface area contributed by atoms with Crippen molar-refractivity contribution in [3.63, 3.8) is 0 Å². The van der Waals surface area contributed by atoms with Gasteiger partial charge in [0, 0.05) is 22.7 Å². The Morgan fingerprint density at radius 3 is 2.19 bits per heavy atom. The maximum Gasteiger partial charge on any atom is 0.0411 e. The van der Waals surface area contributed by atoms with Crippen LogP contribution in [0.25, 0.3) is 0 Å². The smallest absolute Gasteiger partial charge is 0.0411 e. The number of nitrogens with two attached hydrogens (primary N) is 1. The van der Waals surface area contributed by atoms with Crippen molar-refractivity contribution in [2.75, 3.05) is 11.9 Å². The maximum atomic E-state index is 5.83. The monoisotopic (exact) mass is 284 g/mol. The largest absolute Gasteiger partial charge is 0.381 e. The van der Waals surface area contributed by atoms with Gasteiger partial charge in [-0.25, -0.2) is 0 Å². The first-order chi connectivity index (χ1) is 7.71. The maximum absolute atomic E-state index is 5.83. The van der Waals surface area contributed by atoms with Gasteiger partial charge in [0.2, 0.25) is 0 Å². The Bertz CT molecular complexity index is 293. The second kappa shape index (κ2) is 6.92. The molecule has 0 aromatic heterocycles. The van der Waals surface area contributed by atoms with Gasteiger partial charge in [-0.15, -0.1) is 0 Å². The highest BCUT2D eigenvalue weighted by molar-refractivity contribution is 9.10. The summed E-state index contributed by atoms with van der Waals surface area (Å²) in [4.78, 5) is 0. The molecule has 0 bridgehead atoms. The SMILES string of the molecule is CCC(CC)C(CN)Nc1ccc(Br)cc1. The van der Waals surface area contributed by atoms with Crippen molar-refractivity contribution in [3.05, 3.63) is 28.7 Å². The van der Waals surface area contributed by atoms with E-state index < -0.39 is 0 Å². The van der Waals surface area contributed by atoms with E-state index in [0.29, 0.717) is 18.5 Å². The molecule has 1 atom stereocenters. The molecular weight excluding hydrogens is 264 g/mol. The van der Waals surface area contributed by atoms with Crippen molar-refractivity contribution >= 4 is 21.6 Å². The van der Waals surface area contributed by atoms with Gasteiger partial charge in [-0.2, -0.15) is 0 Å². The second-order valence-corrected chi connectivity index (χ2v) is 4.99. The number of hydrogen-bond donors (Lipinski definition) is 2. The lowest BCUT2D eigenvalue weighted by atomic mass is 9.94. The minimum atomic E-state index is 0.371. The molecule has 3 N–H and O–H groups in total. The normalized spacial score (nSPS) is 12.8. The fourth-order valence-corrected chi connectivity index (χ4v) is 2.25. The third-order valence-electron chi connectivity index (χ3n) is 3.07. The molecule has 0 amide bonds. The fourth-order valence-electron chi connectivity index (χ4n) is 1.99. The molecule has 0 saturated carbocycles. The number of nitrogens with one attached hydrogen (secondary N) is 1. The van der Waals surface area contributed by atoms with Crippen molar-refractivity contribution < 1.29 is 0 Å². The zero-order valence-corrected chi connectivity index (χ0v) is 11.6. The van der Waals surface area contributed by atoms with E-state index in [1.165, 1.54) is 12.8 Å². The highest BCUT2D eigenvalue weighted by atomic mass is 79.9. The molecule has 0 heterocycles. The average Bonchev–Trinajstić information content (AvgIpc) is 2.32. The quantitative estimate of drug-likeness (QED) is 0.837. The van der Waals surface area contributed by atoms with Gasteiger partial charge in [-0.1, -0.05) is 42.6 Å². The zero-order valence-electron chi connectivity index (χ0n) is 10.0. The van der Waals surface area contributed by atoms with E-state index in [2.05, 4.69) is 47.2 Å². The molecule has 90 valence electrons. The van der Waals surface area contributed by atoms with Gasteiger partial charge in [-0.05, 0) is 30.2 Å². The van der Waals surface area contributed by atoms with E-state index in [1.807, 2.05) is 12.1 Å². The Morgan fingerprint density at radius 2 is 1.75 bits per heavy atom. The summed E-state index contributed by atoms with van der Waals surface area (Å²) in [6.45, 7) is 5.13. The summed E-state index contributed by atoms with van der Waals surface area (Å²) in [5, 5.41) is 3.51. The second-order valence-electron chi connectivity index (χ2n) is 4.07. The Balaban J connectivity index is 2.65. The van der Waals surface area contributed by atoms with Crippen LogP contribution in [0.4, 0.5) is 5.69 Å². The lowest BCUT2D eigenvalue weighted by molar-refractivity contribution is 0.422. The molecule has 2 nitrogen and oxygen atoms in total. The fraction of sp³-hybridized carbons (Fsp3) is 0.538. The zero-order chi connectivity index (χ0) is 12.0. The van der Waals surface area contributed by atoms with Crippen molar-refractivity contribution in [1.82, 2.24) is 0 Å². The van der Waals surface area contributed by atoms with Crippen LogP contribution < -0.4 is 11.1 Å². The van der Waals surface area contributed by atoms with Gasteiger partial charge in [0.25, 0.3) is 0 Å². The Labute approximate surface area is 107 Å².